The fourth-order valence-electron chi connectivity index (χ4n) is 2.28. The predicted molar refractivity (Wildman–Crippen MR) is 89.4 cm³/mol. The van der Waals surface area contributed by atoms with Gasteiger partial charge < -0.3 is 11.1 Å². The number of nitrogens with one attached hydrogen (secondary N) is 1. The van der Waals surface area contributed by atoms with Crippen LogP contribution in [-0.2, 0) is 6.54 Å². The Hall–Kier alpha value is -2.20. The minimum atomic E-state index is -0.0636. The molecule has 4 heteroatoms. The summed E-state index contributed by atoms with van der Waals surface area (Å²) in [6, 6.07) is 13.4. The Kier molecular flexibility index (Phi) is 4.70. The number of hydrogen-bond acceptors (Lipinski definition) is 2. The van der Waals surface area contributed by atoms with Crippen molar-refractivity contribution in [3.8, 4) is 0 Å². The number of carbonyl (C=O) groups excluding carboxylic acids is 1. The molecule has 2 aromatic carbocycles. The molecule has 0 bridgehead atoms. The maximum absolute atomic E-state index is 12.3. The van der Waals surface area contributed by atoms with Crippen LogP contribution in [-0.4, -0.2) is 10.9 Å². The van der Waals surface area contributed by atoms with Crippen LogP contribution in [0.25, 0.3) is 0 Å². The second-order valence-electron chi connectivity index (χ2n) is 5.01. The van der Waals surface area contributed by atoms with Crippen LogP contribution in [0.2, 0.25) is 0 Å². The molecule has 2 aromatic rings. The van der Waals surface area contributed by atoms with E-state index in [1.807, 2.05) is 56.3 Å². The zero-order valence-electron chi connectivity index (χ0n) is 12.1. The van der Waals surface area contributed by atoms with Crippen molar-refractivity contribution in [2.24, 2.45) is 5.73 Å². The Balaban J connectivity index is 2.11. The molecule has 0 aromatic heterocycles. The lowest BCUT2D eigenvalue weighted by atomic mass is 10.0. The summed E-state index contributed by atoms with van der Waals surface area (Å²) in [6.45, 7) is 4.33. The monoisotopic (exact) mass is 298 g/mol. The van der Waals surface area contributed by atoms with E-state index in [9.17, 15) is 4.79 Å². The molecule has 0 atom stereocenters. The van der Waals surface area contributed by atoms with Gasteiger partial charge in [0.05, 0.1) is 0 Å². The first-order valence-electron chi connectivity index (χ1n) is 6.72. The van der Waals surface area contributed by atoms with Crippen LogP contribution < -0.4 is 11.1 Å². The fraction of sp³-hybridized carbons (Fsp3) is 0.176. The average Bonchev–Trinajstić information content (AvgIpc) is 2.45. The second kappa shape index (κ2) is 6.50. The average molecular weight is 298 g/mol. The van der Waals surface area contributed by atoms with Crippen molar-refractivity contribution < 1.29 is 4.79 Å². The third-order valence-corrected chi connectivity index (χ3v) is 3.61. The molecule has 21 heavy (non-hydrogen) atoms. The maximum atomic E-state index is 12.3. The molecule has 2 rings (SSSR count). The van der Waals surface area contributed by atoms with Crippen molar-refractivity contribution in [1.82, 2.24) is 5.32 Å². The molecule has 0 unspecified atom stereocenters. The van der Waals surface area contributed by atoms with E-state index in [1.54, 1.807) is 0 Å². The Morgan fingerprint density at radius 2 is 1.76 bits per heavy atom. The topological polar surface area (TPSA) is 55.1 Å². The summed E-state index contributed by atoms with van der Waals surface area (Å²) in [5.74, 6) is -0.0636. The molecule has 0 saturated carbocycles. The number of thiocarbonyl (C=S) groups is 1. The van der Waals surface area contributed by atoms with Gasteiger partial charge in [-0.05, 0) is 36.6 Å². The summed E-state index contributed by atoms with van der Waals surface area (Å²) < 4.78 is 0. The molecule has 0 aliphatic heterocycles. The molecule has 0 fully saturated rings. The molecule has 0 radical (unpaired) electrons. The molecule has 0 aliphatic rings. The summed E-state index contributed by atoms with van der Waals surface area (Å²) in [7, 11) is 0. The summed E-state index contributed by atoms with van der Waals surface area (Å²) in [5.41, 5.74) is 10.1. The number of hydrogen-bond donors (Lipinski definition) is 2. The van der Waals surface area contributed by atoms with Gasteiger partial charge in [-0.15, -0.1) is 0 Å². The second-order valence-corrected chi connectivity index (χ2v) is 5.45. The molecular formula is C17H18N2OS. The Labute approximate surface area is 130 Å². The summed E-state index contributed by atoms with van der Waals surface area (Å²) >= 11 is 4.96. The molecule has 108 valence electrons. The van der Waals surface area contributed by atoms with Gasteiger partial charge in [-0.25, -0.2) is 0 Å². The first-order valence-corrected chi connectivity index (χ1v) is 7.13. The van der Waals surface area contributed by atoms with Crippen molar-refractivity contribution >= 4 is 23.1 Å². The van der Waals surface area contributed by atoms with E-state index in [2.05, 4.69) is 5.32 Å². The molecule has 0 heterocycles. The third kappa shape index (κ3) is 3.67. The number of rotatable bonds is 4. The van der Waals surface area contributed by atoms with Gasteiger partial charge in [0.2, 0.25) is 0 Å². The first kappa shape index (κ1) is 15.2. The number of carbonyl (C=O) groups is 1. The lowest BCUT2D eigenvalue weighted by Gasteiger charge is -2.11. The maximum Gasteiger partial charge on any atom is 0.252 e. The smallest absolute Gasteiger partial charge is 0.252 e. The highest BCUT2D eigenvalue weighted by molar-refractivity contribution is 7.80. The van der Waals surface area contributed by atoms with Crippen molar-refractivity contribution in [1.29, 1.82) is 0 Å². The number of benzene rings is 2. The highest BCUT2D eigenvalue weighted by atomic mass is 32.1. The van der Waals surface area contributed by atoms with Crippen LogP contribution >= 0.6 is 12.2 Å². The molecule has 0 saturated heterocycles. The first-order chi connectivity index (χ1) is 9.99. The molecule has 0 aliphatic carbocycles. The standard InChI is InChI=1S/C17H18N2OS/c1-11-5-3-6-12(2)15(11)17(20)19-10-13-7-4-8-14(9-13)16(18)21/h3-9H,10H2,1-2H3,(H2,18,21)(H,19,20). The Bertz CT molecular complexity index is 675. The van der Waals surface area contributed by atoms with Crippen LogP contribution in [0.15, 0.2) is 42.5 Å². The van der Waals surface area contributed by atoms with Gasteiger partial charge in [0.25, 0.3) is 5.91 Å². The largest absolute Gasteiger partial charge is 0.389 e. The molecular weight excluding hydrogens is 280 g/mol. The predicted octanol–water partition coefficient (Wildman–Crippen LogP) is 2.87. The van der Waals surface area contributed by atoms with Crippen LogP contribution in [0.4, 0.5) is 0 Å². The zero-order chi connectivity index (χ0) is 15.4. The minimum absolute atomic E-state index is 0.0636. The van der Waals surface area contributed by atoms with Gasteiger partial charge in [0, 0.05) is 17.7 Å². The third-order valence-electron chi connectivity index (χ3n) is 3.37. The molecule has 0 spiro atoms. The number of nitrogens with two attached hydrogens (primary N) is 1. The number of amides is 1. The van der Waals surface area contributed by atoms with Crippen molar-refractivity contribution in [3.05, 3.63) is 70.3 Å². The zero-order valence-corrected chi connectivity index (χ0v) is 13.0. The highest BCUT2D eigenvalue weighted by Crippen LogP contribution is 2.13. The van der Waals surface area contributed by atoms with Gasteiger partial charge in [-0.1, -0.05) is 48.6 Å². The minimum Gasteiger partial charge on any atom is -0.389 e. The van der Waals surface area contributed by atoms with E-state index in [0.717, 1.165) is 27.8 Å². The number of aryl methyl sites for hydroxylation is 2. The van der Waals surface area contributed by atoms with Crippen LogP contribution in [0.5, 0.6) is 0 Å². The molecule has 3 N–H and O–H groups in total. The van der Waals surface area contributed by atoms with Crippen LogP contribution in [0.3, 0.4) is 0 Å². The van der Waals surface area contributed by atoms with Gasteiger partial charge in [0.15, 0.2) is 0 Å². The summed E-state index contributed by atoms with van der Waals surface area (Å²) in [6.07, 6.45) is 0. The van der Waals surface area contributed by atoms with Crippen molar-refractivity contribution in [2.75, 3.05) is 0 Å². The van der Waals surface area contributed by atoms with E-state index < -0.39 is 0 Å². The van der Waals surface area contributed by atoms with E-state index >= 15 is 0 Å². The van der Waals surface area contributed by atoms with E-state index in [0.29, 0.717) is 11.5 Å². The molecule has 3 nitrogen and oxygen atoms in total. The SMILES string of the molecule is Cc1cccc(C)c1C(=O)NCc1cccc(C(N)=S)c1. The lowest BCUT2D eigenvalue weighted by molar-refractivity contribution is 0.0949. The van der Waals surface area contributed by atoms with E-state index in [4.69, 9.17) is 18.0 Å². The summed E-state index contributed by atoms with van der Waals surface area (Å²) in [5, 5.41) is 2.94. The normalized spacial score (nSPS) is 10.2. The summed E-state index contributed by atoms with van der Waals surface area (Å²) in [4.78, 5) is 12.7. The van der Waals surface area contributed by atoms with Crippen LogP contribution in [0.1, 0.15) is 32.6 Å². The molecule has 1 amide bonds. The van der Waals surface area contributed by atoms with Gasteiger partial charge in [0.1, 0.15) is 4.99 Å². The van der Waals surface area contributed by atoms with Gasteiger partial charge in [-0.3, -0.25) is 4.79 Å². The quantitative estimate of drug-likeness (QED) is 0.853. The van der Waals surface area contributed by atoms with E-state index in [1.165, 1.54) is 0 Å². The fourth-order valence-corrected chi connectivity index (χ4v) is 2.40. The van der Waals surface area contributed by atoms with Gasteiger partial charge in [-0.2, -0.15) is 0 Å². The van der Waals surface area contributed by atoms with Gasteiger partial charge >= 0.3 is 0 Å². The van der Waals surface area contributed by atoms with Crippen LogP contribution in [0, 0.1) is 13.8 Å². The van der Waals surface area contributed by atoms with E-state index in [-0.39, 0.29) is 5.91 Å². The van der Waals surface area contributed by atoms with Crippen molar-refractivity contribution in [2.45, 2.75) is 20.4 Å². The Morgan fingerprint density at radius 1 is 1.14 bits per heavy atom. The Morgan fingerprint density at radius 3 is 2.38 bits per heavy atom. The van der Waals surface area contributed by atoms with Crippen molar-refractivity contribution in [3.63, 3.8) is 0 Å². The lowest BCUT2D eigenvalue weighted by Crippen LogP contribution is -2.24. The highest BCUT2D eigenvalue weighted by Gasteiger charge is 2.11.